The topological polar surface area (TPSA) is 83.8 Å². The molecular weight excluding hydrogens is 492 g/mol. The van der Waals surface area contributed by atoms with Crippen molar-refractivity contribution in [3.05, 3.63) is 64.6 Å². The lowest BCUT2D eigenvalue weighted by molar-refractivity contribution is 0.0237. The van der Waals surface area contributed by atoms with Gasteiger partial charge in [-0.15, -0.1) is 0 Å². The number of carbonyl (C=O) groups excluding carboxylic acids is 2. The molecule has 1 atom stereocenters. The van der Waals surface area contributed by atoms with Crippen LogP contribution in [0.1, 0.15) is 48.8 Å². The molecule has 0 bridgehead atoms. The van der Waals surface area contributed by atoms with Crippen molar-refractivity contribution in [3.8, 4) is 5.69 Å². The molecule has 5 rings (SSSR count). The molecule has 9 nitrogen and oxygen atoms in total. The maximum Gasteiger partial charge on any atom is 0.410 e. The third-order valence-corrected chi connectivity index (χ3v) is 6.95. The number of likely N-dealkylation sites (N-methyl/N-ethyl adjacent to an activating group) is 1. The molecule has 2 aliphatic rings. The number of rotatable bonds is 4. The molecule has 2 amide bonds. The average Bonchev–Trinajstić information content (AvgIpc) is 3.54. The minimum absolute atomic E-state index is 0.0452. The van der Waals surface area contributed by atoms with Crippen molar-refractivity contribution in [2.24, 2.45) is 0 Å². The number of amides is 2. The molecule has 3 aromatic rings. The van der Waals surface area contributed by atoms with Crippen molar-refractivity contribution in [2.75, 3.05) is 29.9 Å². The van der Waals surface area contributed by atoms with Gasteiger partial charge in [-0.25, -0.2) is 14.5 Å². The standard InChI is InChI=1S/C27H31ClN6O3/c1-17-12-22(13-29-24(17)32-11-10-21(16-32)31(5)26(36)37-27(2,3)4)33-14-18-15-34(30-23(18)25(33)35)20-8-6-19(28)7-9-20/h6-9,12-13,15,21H,10-11,14,16H2,1-5H3/t21-/m0/s1. The highest BCUT2D eigenvalue weighted by Gasteiger charge is 2.34. The number of halogens is 1. The van der Waals surface area contributed by atoms with Crippen molar-refractivity contribution >= 4 is 35.1 Å². The van der Waals surface area contributed by atoms with E-state index in [2.05, 4.69) is 10.00 Å². The number of anilines is 2. The van der Waals surface area contributed by atoms with Crippen LogP contribution in [0.15, 0.2) is 42.7 Å². The number of fused-ring (bicyclic) bond motifs is 1. The van der Waals surface area contributed by atoms with Crippen molar-refractivity contribution < 1.29 is 14.3 Å². The summed E-state index contributed by atoms with van der Waals surface area (Å²) in [5, 5.41) is 5.17. The van der Waals surface area contributed by atoms with Gasteiger partial charge < -0.3 is 19.4 Å². The summed E-state index contributed by atoms with van der Waals surface area (Å²) in [5.74, 6) is 0.720. The molecule has 1 saturated heterocycles. The van der Waals surface area contributed by atoms with Crippen molar-refractivity contribution in [2.45, 2.75) is 52.3 Å². The van der Waals surface area contributed by atoms with Gasteiger partial charge in [0, 0.05) is 36.9 Å². The highest BCUT2D eigenvalue weighted by atomic mass is 35.5. The second-order valence-electron chi connectivity index (χ2n) is 10.6. The van der Waals surface area contributed by atoms with Gasteiger partial charge in [0.05, 0.1) is 30.2 Å². The number of carbonyl (C=O) groups is 2. The third kappa shape index (κ3) is 5.00. The van der Waals surface area contributed by atoms with Crippen LogP contribution in [0.5, 0.6) is 0 Å². The molecule has 0 saturated carbocycles. The van der Waals surface area contributed by atoms with Crippen LogP contribution in [0.2, 0.25) is 5.02 Å². The Bertz CT molecular complexity index is 1350. The number of pyridine rings is 1. The van der Waals surface area contributed by atoms with Crippen molar-refractivity contribution in [1.82, 2.24) is 19.7 Å². The molecule has 2 aliphatic heterocycles. The van der Waals surface area contributed by atoms with Gasteiger partial charge >= 0.3 is 6.09 Å². The molecule has 1 fully saturated rings. The molecule has 194 valence electrons. The third-order valence-electron chi connectivity index (χ3n) is 6.70. The quantitative estimate of drug-likeness (QED) is 0.488. The Labute approximate surface area is 221 Å². The van der Waals surface area contributed by atoms with Gasteiger partial charge in [0.25, 0.3) is 5.91 Å². The summed E-state index contributed by atoms with van der Waals surface area (Å²) in [7, 11) is 1.78. The van der Waals surface area contributed by atoms with Gasteiger partial charge in [0.15, 0.2) is 5.69 Å². The van der Waals surface area contributed by atoms with E-state index in [9.17, 15) is 9.59 Å². The largest absolute Gasteiger partial charge is 0.444 e. The first-order valence-corrected chi connectivity index (χ1v) is 12.7. The van der Waals surface area contributed by atoms with E-state index in [1.54, 1.807) is 39.9 Å². The minimum Gasteiger partial charge on any atom is -0.444 e. The molecule has 37 heavy (non-hydrogen) atoms. The van der Waals surface area contributed by atoms with Crippen LogP contribution in [0.4, 0.5) is 16.3 Å². The van der Waals surface area contributed by atoms with E-state index >= 15 is 0 Å². The van der Waals surface area contributed by atoms with Gasteiger partial charge in [-0.1, -0.05) is 11.6 Å². The smallest absolute Gasteiger partial charge is 0.410 e. The normalized spacial score (nSPS) is 17.4. The second-order valence-corrected chi connectivity index (χ2v) is 11.1. The predicted octanol–water partition coefficient (Wildman–Crippen LogP) is 4.84. The Morgan fingerprint density at radius 2 is 1.92 bits per heavy atom. The van der Waals surface area contributed by atoms with Gasteiger partial charge in [-0.2, -0.15) is 5.10 Å². The lowest BCUT2D eigenvalue weighted by Crippen LogP contribution is -2.42. The number of aryl methyl sites for hydroxylation is 1. The summed E-state index contributed by atoms with van der Waals surface area (Å²) in [6, 6.07) is 9.37. The molecule has 0 radical (unpaired) electrons. The van der Waals surface area contributed by atoms with Crippen molar-refractivity contribution in [3.63, 3.8) is 0 Å². The lowest BCUT2D eigenvalue weighted by Gasteiger charge is -2.29. The maximum atomic E-state index is 13.2. The Hall–Kier alpha value is -3.59. The van der Waals surface area contributed by atoms with Crippen LogP contribution in [-0.4, -0.2) is 63.4 Å². The summed E-state index contributed by atoms with van der Waals surface area (Å²) in [5.41, 5.74) is 3.35. The van der Waals surface area contributed by atoms with Crippen LogP contribution in [-0.2, 0) is 11.3 Å². The highest BCUT2D eigenvalue weighted by molar-refractivity contribution is 6.30. The van der Waals surface area contributed by atoms with Crippen LogP contribution >= 0.6 is 11.6 Å². The van der Waals surface area contributed by atoms with E-state index in [1.807, 2.05) is 52.1 Å². The SMILES string of the molecule is Cc1cc(N2Cc3cn(-c4ccc(Cl)cc4)nc3C2=O)cnc1N1CC[C@H](N(C)C(=O)OC(C)(C)C)C1. The molecule has 0 aliphatic carbocycles. The number of aromatic nitrogens is 3. The Morgan fingerprint density at radius 3 is 2.57 bits per heavy atom. The molecule has 10 heteroatoms. The first kappa shape index (κ1) is 25.1. The molecule has 4 heterocycles. The molecule has 0 unspecified atom stereocenters. The van der Waals surface area contributed by atoms with Gasteiger partial charge in [-0.3, -0.25) is 4.79 Å². The zero-order valence-corrected chi connectivity index (χ0v) is 22.5. The lowest BCUT2D eigenvalue weighted by atomic mass is 10.2. The highest BCUT2D eigenvalue weighted by Crippen LogP contribution is 2.32. The van der Waals surface area contributed by atoms with E-state index in [-0.39, 0.29) is 18.0 Å². The summed E-state index contributed by atoms with van der Waals surface area (Å²) in [4.78, 5) is 35.9. The summed E-state index contributed by atoms with van der Waals surface area (Å²) >= 11 is 5.98. The zero-order chi connectivity index (χ0) is 26.5. The van der Waals surface area contributed by atoms with Crippen LogP contribution in [0.3, 0.4) is 0 Å². The molecule has 0 spiro atoms. The van der Waals surface area contributed by atoms with Crippen LogP contribution in [0, 0.1) is 6.92 Å². The Balaban J connectivity index is 1.27. The fraction of sp³-hybridized carbons (Fsp3) is 0.407. The zero-order valence-electron chi connectivity index (χ0n) is 21.7. The predicted molar refractivity (Wildman–Crippen MR) is 143 cm³/mol. The van der Waals surface area contributed by atoms with E-state index in [1.165, 1.54) is 0 Å². The van der Waals surface area contributed by atoms with E-state index in [0.717, 1.165) is 41.3 Å². The average molecular weight is 523 g/mol. The number of hydrogen-bond acceptors (Lipinski definition) is 6. The van der Waals surface area contributed by atoms with E-state index in [4.69, 9.17) is 21.3 Å². The number of nitrogens with zero attached hydrogens (tertiary/aromatic N) is 6. The first-order chi connectivity index (χ1) is 17.5. The summed E-state index contributed by atoms with van der Waals surface area (Å²) in [6.45, 7) is 9.50. The molecule has 1 aromatic carbocycles. The second kappa shape index (κ2) is 9.37. The number of benzene rings is 1. The fourth-order valence-corrected chi connectivity index (χ4v) is 4.90. The van der Waals surface area contributed by atoms with Crippen LogP contribution in [0.25, 0.3) is 5.69 Å². The van der Waals surface area contributed by atoms with Crippen LogP contribution < -0.4 is 9.80 Å². The van der Waals surface area contributed by atoms with Gasteiger partial charge in [-0.05, 0) is 70.0 Å². The van der Waals surface area contributed by atoms with E-state index < -0.39 is 5.60 Å². The Kier molecular flexibility index (Phi) is 6.35. The Morgan fingerprint density at radius 1 is 1.19 bits per heavy atom. The monoisotopic (exact) mass is 522 g/mol. The number of hydrogen-bond donors (Lipinski definition) is 0. The first-order valence-electron chi connectivity index (χ1n) is 12.3. The maximum absolute atomic E-state index is 13.2. The number of ether oxygens (including phenoxy) is 1. The molecule has 0 N–H and O–H groups in total. The minimum atomic E-state index is -0.529. The van der Waals surface area contributed by atoms with Gasteiger partial charge in [0.2, 0.25) is 0 Å². The molecular formula is C27H31ClN6O3. The van der Waals surface area contributed by atoms with Gasteiger partial charge in [0.1, 0.15) is 11.4 Å². The summed E-state index contributed by atoms with van der Waals surface area (Å²) < 4.78 is 7.23. The molecule has 2 aromatic heterocycles. The summed E-state index contributed by atoms with van der Waals surface area (Å²) in [6.07, 6.45) is 4.15. The fourth-order valence-electron chi connectivity index (χ4n) is 4.77. The van der Waals surface area contributed by atoms with E-state index in [0.29, 0.717) is 23.8 Å². The van der Waals surface area contributed by atoms with Crippen molar-refractivity contribution in [1.29, 1.82) is 0 Å².